The van der Waals surface area contributed by atoms with Crippen molar-refractivity contribution in [3.63, 3.8) is 0 Å². The summed E-state index contributed by atoms with van der Waals surface area (Å²) in [6.45, 7) is 3.68. The molecule has 0 radical (unpaired) electrons. The molecule has 0 amide bonds. The van der Waals surface area contributed by atoms with E-state index in [2.05, 4.69) is 12.2 Å². The van der Waals surface area contributed by atoms with Gasteiger partial charge >= 0.3 is 0 Å². The first-order chi connectivity index (χ1) is 7.75. The molecular formula is C13H18FNO. The maximum Gasteiger partial charge on any atom is 0.126 e. The average Bonchev–Trinajstić information content (AvgIpc) is 2.30. The van der Waals surface area contributed by atoms with Crippen molar-refractivity contribution in [3.8, 4) is 0 Å². The number of aryl methyl sites for hydroxylation is 1. The highest BCUT2D eigenvalue weighted by Gasteiger charge is 2.17. The second kappa shape index (κ2) is 5.41. The quantitative estimate of drug-likeness (QED) is 0.847. The molecule has 2 rings (SSSR count). The van der Waals surface area contributed by atoms with Crippen LogP contribution >= 0.6 is 0 Å². The van der Waals surface area contributed by atoms with E-state index in [1.54, 1.807) is 6.07 Å². The van der Waals surface area contributed by atoms with Gasteiger partial charge in [0.05, 0.1) is 12.7 Å². The van der Waals surface area contributed by atoms with Gasteiger partial charge in [-0.05, 0) is 31.4 Å². The van der Waals surface area contributed by atoms with Gasteiger partial charge in [-0.1, -0.05) is 18.2 Å². The van der Waals surface area contributed by atoms with Gasteiger partial charge in [-0.3, -0.25) is 0 Å². The molecule has 1 heterocycles. The summed E-state index contributed by atoms with van der Waals surface area (Å²) >= 11 is 0. The number of ether oxygens (including phenoxy) is 1. The second-order valence-electron chi connectivity index (χ2n) is 4.38. The van der Waals surface area contributed by atoms with Gasteiger partial charge in [0.25, 0.3) is 0 Å². The van der Waals surface area contributed by atoms with Crippen molar-refractivity contribution in [1.82, 2.24) is 5.32 Å². The Morgan fingerprint density at radius 1 is 1.44 bits per heavy atom. The Morgan fingerprint density at radius 3 is 2.94 bits per heavy atom. The molecule has 0 aromatic heterocycles. The zero-order chi connectivity index (χ0) is 11.4. The van der Waals surface area contributed by atoms with Crippen molar-refractivity contribution in [2.45, 2.75) is 31.9 Å². The summed E-state index contributed by atoms with van der Waals surface area (Å²) in [4.78, 5) is 0. The summed E-state index contributed by atoms with van der Waals surface area (Å²) in [6.07, 6.45) is 1.99. The molecule has 16 heavy (non-hydrogen) atoms. The van der Waals surface area contributed by atoms with E-state index in [0.29, 0.717) is 12.1 Å². The highest BCUT2D eigenvalue weighted by molar-refractivity contribution is 5.17. The normalized spacial score (nSPS) is 25.6. The number of rotatable bonds is 3. The molecule has 2 unspecified atom stereocenters. The highest BCUT2D eigenvalue weighted by atomic mass is 19.1. The van der Waals surface area contributed by atoms with Crippen LogP contribution in [0.5, 0.6) is 0 Å². The molecule has 0 bridgehead atoms. The summed E-state index contributed by atoms with van der Waals surface area (Å²) in [5, 5.41) is 3.41. The van der Waals surface area contributed by atoms with Crippen LogP contribution in [0.2, 0.25) is 0 Å². The van der Waals surface area contributed by atoms with Crippen LogP contribution in [-0.4, -0.2) is 25.3 Å². The van der Waals surface area contributed by atoms with Gasteiger partial charge < -0.3 is 10.1 Å². The van der Waals surface area contributed by atoms with Crippen LogP contribution in [0.25, 0.3) is 0 Å². The predicted octanol–water partition coefficient (Wildman–Crippen LogP) is 2.14. The molecule has 1 aromatic carbocycles. The summed E-state index contributed by atoms with van der Waals surface area (Å²) in [5.74, 6) is -0.104. The maximum atomic E-state index is 13.4. The number of nitrogens with one attached hydrogen (secondary N) is 1. The summed E-state index contributed by atoms with van der Waals surface area (Å²) in [7, 11) is 0. The zero-order valence-corrected chi connectivity index (χ0v) is 9.58. The number of benzene rings is 1. The minimum absolute atomic E-state index is 0.104. The highest BCUT2D eigenvalue weighted by Crippen LogP contribution is 2.12. The fourth-order valence-electron chi connectivity index (χ4n) is 1.95. The van der Waals surface area contributed by atoms with Gasteiger partial charge in [-0.15, -0.1) is 0 Å². The molecule has 88 valence electrons. The van der Waals surface area contributed by atoms with Gasteiger partial charge in [0.15, 0.2) is 0 Å². The van der Waals surface area contributed by atoms with E-state index < -0.39 is 0 Å². The molecular weight excluding hydrogens is 205 g/mol. The lowest BCUT2D eigenvalue weighted by atomic mass is 10.0. The minimum Gasteiger partial charge on any atom is -0.376 e. The van der Waals surface area contributed by atoms with E-state index in [-0.39, 0.29) is 5.82 Å². The molecule has 0 saturated carbocycles. The van der Waals surface area contributed by atoms with Crippen LogP contribution in [-0.2, 0) is 11.2 Å². The van der Waals surface area contributed by atoms with Crippen LogP contribution in [0, 0.1) is 5.82 Å². The van der Waals surface area contributed by atoms with Crippen LogP contribution in [0.3, 0.4) is 0 Å². The van der Waals surface area contributed by atoms with Gasteiger partial charge in [0, 0.05) is 12.6 Å². The van der Waals surface area contributed by atoms with Gasteiger partial charge in [-0.2, -0.15) is 0 Å². The smallest absolute Gasteiger partial charge is 0.126 e. The first-order valence-electron chi connectivity index (χ1n) is 5.84. The van der Waals surface area contributed by atoms with E-state index in [0.717, 1.165) is 31.6 Å². The fraction of sp³-hybridized carbons (Fsp3) is 0.538. The molecule has 1 saturated heterocycles. The topological polar surface area (TPSA) is 21.3 Å². The van der Waals surface area contributed by atoms with Crippen LogP contribution < -0.4 is 5.32 Å². The zero-order valence-electron chi connectivity index (χ0n) is 9.58. The lowest BCUT2D eigenvalue weighted by Gasteiger charge is -2.28. The van der Waals surface area contributed by atoms with E-state index in [1.807, 2.05) is 12.1 Å². The van der Waals surface area contributed by atoms with Crippen LogP contribution in [0.4, 0.5) is 4.39 Å². The number of halogens is 1. The molecule has 1 aliphatic rings. The Hall–Kier alpha value is -0.930. The Morgan fingerprint density at radius 2 is 2.25 bits per heavy atom. The number of morpholine rings is 1. The maximum absolute atomic E-state index is 13.4. The van der Waals surface area contributed by atoms with Crippen molar-refractivity contribution >= 4 is 0 Å². The standard InChI is InChI=1S/C13H18FNO/c1-10-8-15-12(9-16-10)7-6-11-4-2-3-5-13(11)14/h2-5,10,12,15H,6-9H2,1H3. The van der Waals surface area contributed by atoms with Crippen molar-refractivity contribution in [2.24, 2.45) is 0 Å². The third-order valence-electron chi connectivity index (χ3n) is 3.00. The lowest BCUT2D eigenvalue weighted by Crippen LogP contribution is -2.45. The van der Waals surface area contributed by atoms with Crippen LogP contribution in [0.15, 0.2) is 24.3 Å². The van der Waals surface area contributed by atoms with Crippen molar-refractivity contribution in [2.75, 3.05) is 13.2 Å². The second-order valence-corrected chi connectivity index (χ2v) is 4.38. The SMILES string of the molecule is CC1CNC(CCc2ccccc2F)CO1. The van der Waals surface area contributed by atoms with E-state index in [1.165, 1.54) is 6.07 Å². The first-order valence-corrected chi connectivity index (χ1v) is 5.84. The summed E-state index contributed by atoms with van der Waals surface area (Å²) in [6, 6.07) is 7.33. The van der Waals surface area contributed by atoms with E-state index in [4.69, 9.17) is 4.74 Å². The van der Waals surface area contributed by atoms with Crippen LogP contribution in [0.1, 0.15) is 18.9 Å². The largest absolute Gasteiger partial charge is 0.376 e. The average molecular weight is 223 g/mol. The van der Waals surface area contributed by atoms with Crippen molar-refractivity contribution in [1.29, 1.82) is 0 Å². The Balaban J connectivity index is 1.81. The fourth-order valence-corrected chi connectivity index (χ4v) is 1.95. The Kier molecular flexibility index (Phi) is 3.91. The lowest BCUT2D eigenvalue weighted by molar-refractivity contribution is 0.0136. The number of hydrogen-bond acceptors (Lipinski definition) is 2. The predicted molar refractivity (Wildman–Crippen MR) is 61.9 cm³/mol. The molecule has 0 aliphatic carbocycles. The van der Waals surface area contributed by atoms with Crippen molar-refractivity contribution in [3.05, 3.63) is 35.6 Å². The third kappa shape index (κ3) is 3.03. The third-order valence-corrected chi connectivity index (χ3v) is 3.00. The first kappa shape index (κ1) is 11.6. The molecule has 1 aliphatic heterocycles. The van der Waals surface area contributed by atoms with Gasteiger partial charge in [-0.25, -0.2) is 4.39 Å². The Bertz CT molecular complexity index is 334. The Labute approximate surface area is 95.8 Å². The number of hydrogen-bond donors (Lipinski definition) is 1. The molecule has 2 nitrogen and oxygen atoms in total. The summed E-state index contributed by atoms with van der Waals surface area (Å²) in [5.41, 5.74) is 0.794. The minimum atomic E-state index is -0.104. The van der Waals surface area contributed by atoms with Gasteiger partial charge in [0.2, 0.25) is 0 Å². The molecule has 0 spiro atoms. The van der Waals surface area contributed by atoms with E-state index in [9.17, 15) is 4.39 Å². The summed E-state index contributed by atoms with van der Waals surface area (Å²) < 4.78 is 18.9. The molecule has 3 heteroatoms. The van der Waals surface area contributed by atoms with Crippen molar-refractivity contribution < 1.29 is 9.13 Å². The monoisotopic (exact) mass is 223 g/mol. The molecule has 1 aromatic rings. The van der Waals surface area contributed by atoms with E-state index >= 15 is 0 Å². The van der Waals surface area contributed by atoms with Gasteiger partial charge in [0.1, 0.15) is 5.82 Å². The molecule has 1 N–H and O–H groups in total. The molecule has 1 fully saturated rings. The molecule has 2 atom stereocenters.